The van der Waals surface area contributed by atoms with Crippen LogP contribution in [0.1, 0.15) is 30.1 Å². The van der Waals surface area contributed by atoms with Crippen LogP contribution in [0.4, 0.5) is 5.69 Å². The minimum atomic E-state index is -0.105. The molecular weight excluding hydrogens is 300 g/mol. The summed E-state index contributed by atoms with van der Waals surface area (Å²) in [6.45, 7) is 1.97. The van der Waals surface area contributed by atoms with E-state index in [-0.39, 0.29) is 11.7 Å². The first-order valence-electron chi connectivity index (χ1n) is 7.15. The Bertz CT molecular complexity index is 682. The van der Waals surface area contributed by atoms with Gasteiger partial charge in [-0.05, 0) is 37.5 Å². The summed E-state index contributed by atoms with van der Waals surface area (Å²) in [7, 11) is 1.59. The summed E-state index contributed by atoms with van der Waals surface area (Å²) in [6.07, 6.45) is 2.35. The van der Waals surface area contributed by atoms with Gasteiger partial charge >= 0.3 is 0 Å². The number of benzene rings is 1. The molecule has 7 heteroatoms. The van der Waals surface area contributed by atoms with E-state index in [9.17, 15) is 4.79 Å². The minimum absolute atomic E-state index is 0.105. The molecule has 0 spiro atoms. The van der Waals surface area contributed by atoms with E-state index in [1.165, 1.54) is 24.6 Å². The number of anilines is 1. The van der Waals surface area contributed by atoms with Crippen molar-refractivity contribution in [2.45, 2.75) is 30.8 Å². The van der Waals surface area contributed by atoms with Crippen molar-refractivity contribution < 1.29 is 9.53 Å². The van der Waals surface area contributed by atoms with Crippen LogP contribution in [-0.4, -0.2) is 34.0 Å². The van der Waals surface area contributed by atoms with E-state index in [0.29, 0.717) is 22.5 Å². The molecule has 1 aromatic heterocycles. The summed E-state index contributed by atoms with van der Waals surface area (Å²) in [4.78, 5) is 16.5. The van der Waals surface area contributed by atoms with E-state index in [4.69, 9.17) is 4.74 Å². The van der Waals surface area contributed by atoms with Gasteiger partial charge in [-0.25, -0.2) is 4.98 Å². The molecule has 2 N–H and O–H groups in total. The molecule has 1 amide bonds. The number of ether oxygens (including phenoxy) is 1. The highest BCUT2D eigenvalue weighted by Gasteiger charge is 2.27. The number of nitrogens with one attached hydrogen (secondary N) is 2. The van der Waals surface area contributed by atoms with E-state index in [2.05, 4.69) is 20.5 Å². The lowest BCUT2D eigenvalue weighted by atomic mass is 10.2. The summed E-state index contributed by atoms with van der Waals surface area (Å²) in [5, 5.41) is 10.5. The van der Waals surface area contributed by atoms with Crippen LogP contribution in [0.2, 0.25) is 0 Å². The summed E-state index contributed by atoms with van der Waals surface area (Å²) < 4.78 is 5.25. The molecule has 0 atom stereocenters. The third kappa shape index (κ3) is 3.59. The van der Waals surface area contributed by atoms with Gasteiger partial charge in [-0.15, -0.1) is 5.10 Å². The number of aromatic nitrogens is 3. The Balaban J connectivity index is 1.56. The number of hydrogen-bond donors (Lipinski definition) is 2. The number of methoxy groups -OCH3 is 1. The Morgan fingerprint density at radius 1 is 1.50 bits per heavy atom. The first-order chi connectivity index (χ1) is 10.7. The lowest BCUT2D eigenvalue weighted by Gasteiger charge is -2.10. The predicted octanol–water partition coefficient (Wildman–Crippen LogP) is 2.73. The lowest BCUT2D eigenvalue weighted by molar-refractivity contribution is -0.113. The Hall–Kier alpha value is -2.02. The fourth-order valence-electron chi connectivity index (χ4n) is 2.10. The molecule has 0 bridgehead atoms. The third-order valence-electron chi connectivity index (χ3n) is 3.41. The SMILES string of the molecule is COc1ccc(C)cc1NC(=O)CSc1n[nH]c(C2CC2)n1. The molecule has 1 fully saturated rings. The van der Waals surface area contributed by atoms with Crippen molar-refractivity contribution in [2.24, 2.45) is 0 Å². The number of rotatable bonds is 6. The van der Waals surface area contributed by atoms with Gasteiger partial charge in [-0.3, -0.25) is 9.89 Å². The summed E-state index contributed by atoms with van der Waals surface area (Å²) in [5.74, 6) is 2.28. The molecule has 6 nitrogen and oxygen atoms in total. The second-order valence-electron chi connectivity index (χ2n) is 5.32. The van der Waals surface area contributed by atoms with E-state index in [1.807, 2.05) is 25.1 Å². The van der Waals surface area contributed by atoms with Gasteiger partial charge in [-0.2, -0.15) is 0 Å². The monoisotopic (exact) mass is 318 g/mol. The molecule has 0 aliphatic heterocycles. The highest BCUT2D eigenvalue weighted by Crippen LogP contribution is 2.38. The largest absolute Gasteiger partial charge is 0.495 e. The maximum atomic E-state index is 12.1. The number of carbonyl (C=O) groups is 1. The lowest BCUT2D eigenvalue weighted by Crippen LogP contribution is -2.15. The molecular formula is C15H18N4O2S. The topological polar surface area (TPSA) is 79.9 Å². The van der Waals surface area contributed by atoms with Crippen LogP contribution in [0.15, 0.2) is 23.4 Å². The highest BCUT2D eigenvalue weighted by atomic mass is 32.2. The van der Waals surface area contributed by atoms with Crippen molar-refractivity contribution in [3.63, 3.8) is 0 Å². The number of carbonyl (C=O) groups excluding carboxylic acids is 1. The molecule has 0 radical (unpaired) electrons. The third-order valence-corrected chi connectivity index (χ3v) is 4.25. The number of aromatic amines is 1. The van der Waals surface area contributed by atoms with Crippen LogP contribution in [0, 0.1) is 6.92 Å². The first kappa shape index (κ1) is 14.9. The number of amides is 1. The zero-order valence-electron chi connectivity index (χ0n) is 12.5. The highest BCUT2D eigenvalue weighted by molar-refractivity contribution is 7.99. The van der Waals surface area contributed by atoms with E-state index in [1.54, 1.807) is 7.11 Å². The summed E-state index contributed by atoms with van der Waals surface area (Å²) in [6, 6.07) is 5.67. The molecule has 1 heterocycles. The molecule has 1 aliphatic carbocycles. The van der Waals surface area contributed by atoms with Crippen LogP contribution in [0.3, 0.4) is 0 Å². The first-order valence-corrected chi connectivity index (χ1v) is 8.14. The fourth-order valence-corrected chi connectivity index (χ4v) is 2.70. The van der Waals surface area contributed by atoms with Crippen molar-refractivity contribution in [3.8, 4) is 5.75 Å². The van der Waals surface area contributed by atoms with Crippen molar-refractivity contribution in [3.05, 3.63) is 29.6 Å². The molecule has 22 heavy (non-hydrogen) atoms. The number of hydrogen-bond acceptors (Lipinski definition) is 5. The standard InChI is InChI=1S/C15H18N4O2S/c1-9-3-6-12(21-2)11(7-9)16-13(20)8-22-15-17-14(18-19-15)10-4-5-10/h3,6-7,10H,4-5,8H2,1-2H3,(H,16,20)(H,17,18,19). The number of aryl methyl sites for hydroxylation is 1. The Morgan fingerprint density at radius 2 is 2.32 bits per heavy atom. The maximum absolute atomic E-state index is 12.1. The van der Waals surface area contributed by atoms with Crippen molar-refractivity contribution in [1.82, 2.24) is 15.2 Å². The average molecular weight is 318 g/mol. The zero-order chi connectivity index (χ0) is 15.5. The van der Waals surface area contributed by atoms with E-state index < -0.39 is 0 Å². The average Bonchev–Trinajstić information content (AvgIpc) is 3.24. The molecule has 2 aromatic rings. The van der Waals surface area contributed by atoms with Crippen LogP contribution in [0.5, 0.6) is 5.75 Å². The van der Waals surface area contributed by atoms with Crippen molar-refractivity contribution in [2.75, 3.05) is 18.2 Å². The van der Waals surface area contributed by atoms with Gasteiger partial charge in [-0.1, -0.05) is 17.8 Å². The van der Waals surface area contributed by atoms with E-state index in [0.717, 1.165) is 11.4 Å². The molecule has 1 saturated carbocycles. The Morgan fingerprint density at radius 3 is 3.05 bits per heavy atom. The van der Waals surface area contributed by atoms with Crippen LogP contribution in [0.25, 0.3) is 0 Å². The molecule has 1 aromatic carbocycles. The number of nitrogens with zero attached hydrogens (tertiary/aromatic N) is 2. The summed E-state index contributed by atoms with van der Waals surface area (Å²) >= 11 is 1.33. The smallest absolute Gasteiger partial charge is 0.234 e. The van der Waals surface area contributed by atoms with Gasteiger partial charge in [0.2, 0.25) is 11.1 Å². The fraction of sp³-hybridized carbons (Fsp3) is 0.400. The van der Waals surface area contributed by atoms with Gasteiger partial charge in [0.25, 0.3) is 0 Å². The molecule has 0 saturated heterocycles. The minimum Gasteiger partial charge on any atom is -0.495 e. The van der Waals surface area contributed by atoms with Gasteiger partial charge < -0.3 is 10.1 Å². The van der Waals surface area contributed by atoms with Crippen LogP contribution in [-0.2, 0) is 4.79 Å². The number of thioether (sulfide) groups is 1. The van der Waals surface area contributed by atoms with Crippen LogP contribution < -0.4 is 10.1 Å². The normalized spacial score (nSPS) is 13.9. The van der Waals surface area contributed by atoms with Crippen molar-refractivity contribution in [1.29, 1.82) is 0 Å². The molecule has 116 valence electrons. The zero-order valence-corrected chi connectivity index (χ0v) is 13.4. The van der Waals surface area contributed by atoms with E-state index >= 15 is 0 Å². The Kier molecular flexibility index (Phi) is 4.33. The predicted molar refractivity (Wildman–Crippen MR) is 85.4 cm³/mol. The number of H-pyrrole nitrogens is 1. The second-order valence-corrected chi connectivity index (χ2v) is 6.26. The molecule has 1 aliphatic rings. The van der Waals surface area contributed by atoms with Gasteiger partial charge in [0.05, 0.1) is 18.6 Å². The van der Waals surface area contributed by atoms with Gasteiger partial charge in [0.15, 0.2) is 0 Å². The maximum Gasteiger partial charge on any atom is 0.234 e. The molecule has 0 unspecified atom stereocenters. The Labute approximate surface area is 133 Å². The second kappa shape index (κ2) is 6.39. The van der Waals surface area contributed by atoms with Gasteiger partial charge in [0, 0.05) is 5.92 Å². The van der Waals surface area contributed by atoms with Gasteiger partial charge in [0.1, 0.15) is 11.6 Å². The quantitative estimate of drug-likeness (QED) is 0.801. The summed E-state index contributed by atoms with van der Waals surface area (Å²) in [5.41, 5.74) is 1.74. The molecule has 3 rings (SSSR count). The van der Waals surface area contributed by atoms with Crippen LogP contribution >= 0.6 is 11.8 Å². The van der Waals surface area contributed by atoms with Crippen molar-refractivity contribution >= 4 is 23.4 Å².